The zero-order chi connectivity index (χ0) is 14.0. The topological polar surface area (TPSA) is 12.0 Å². The smallest absolute Gasteiger partial charge is 0.163 e. The summed E-state index contributed by atoms with van der Waals surface area (Å²) in [7, 11) is 1.67. The average Bonchev–Trinajstić information content (AvgIpc) is 2.39. The van der Waals surface area contributed by atoms with E-state index < -0.39 is 17.7 Å². The Balaban J connectivity index is 2.56. The Morgan fingerprint density at radius 3 is 2.58 bits per heavy atom. The van der Waals surface area contributed by atoms with Crippen LogP contribution in [0.2, 0.25) is 5.02 Å². The fraction of sp³-hybridized carbons (Fsp3) is 0.143. The number of hydrogen-bond donors (Lipinski definition) is 1. The lowest BCUT2D eigenvalue weighted by molar-refractivity contribution is 0.487. The summed E-state index contributed by atoms with van der Waals surface area (Å²) < 4.78 is 28.0. The van der Waals surface area contributed by atoms with Crippen molar-refractivity contribution in [1.82, 2.24) is 5.32 Å². The molecule has 0 aliphatic rings. The Morgan fingerprint density at radius 1 is 1.16 bits per heavy atom. The normalized spacial score (nSPS) is 12.5. The molecular formula is C14H11BrClF2N. The Morgan fingerprint density at radius 2 is 1.89 bits per heavy atom. The molecule has 0 aliphatic heterocycles. The van der Waals surface area contributed by atoms with E-state index in [2.05, 4.69) is 21.2 Å². The van der Waals surface area contributed by atoms with Crippen LogP contribution in [0, 0.1) is 11.6 Å². The molecule has 0 radical (unpaired) electrons. The van der Waals surface area contributed by atoms with E-state index in [0.717, 1.165) is 10.5 Å². The zero-order valence-electron chi connectivity index (χ0n) is 10.1. The highest BCUT2D eigenvalue weighted by atomic mass is 79.9. The summed E-state index contributed by atoms with van der Waals surface area (Å²) in [5, 5.41) is 3.45. The molecule has 19 heavy (non-hydrogen) atoms. The average molecular weight is 347 g/mol. The number of nitrogens with one attached hydrogen (secondary N) is 1. The molecule has 0 aliphatic carbocycles. The van der Waals surface area contributed by atoms with Gasteiger partial charge in [-0.15, -0.1) is 0 Å². The predicted molar refractivity (Wildman–Crippen MR) is 76.4 cm³/mol. The summed E-state index contributed by atoms with van der Waals surface area (Å²) in [5.41, 5.74) is 0.908. The van der Waals surface area contributed by atoms with Crippen molar-refractivity contribution in [2.75, 3.05) is 7.05 Å². The molecule has 100 valence electrons. The minimum atomic E-state index is -0.871. The molecule has 1 atom stereocenters. The van der Waals surface area contributed by atoms with Gasteiger partial charge in [-0.25, -0.2) is 8.78 Å². The third kappa shape index (κ3) is 2.96. The van der Waals surface area contributed by atoms with E-state index >= 15 is 0 Å². The first kappa shape index (κ1) is 14.4. The summed E-state index contributed by atoms with van der Waals surface area (Å²) >= 11 is 9.48. The van der Waals surface area contributed by atoms with Crippen molar-refractivity contribution in [1.29, 1.82) is 0 Å². The van der Waals surface area contributed by atoms with E-state index in [-0.39, 0.29) is 5.56 Å². The van der Waals surface area contributed by atoms with Crippen molar-refractivity contribution < 1.29 is 8.78 Å². The SMILES string of the molecule is CNC(c1cc(Br)ccc1Cl)c1cccc(F)c1F. The van der Waals surface area contributed by atoms with Crippen LogP contribution >= 0.6 is 27.5 Å². The van der Waals surface area contributed by atoms with E-state index in [1.165, 1.54) is 12.1 Å². The van der Waals surface area contributed by atoms with Crippen LogP contribution in [0.4, 0.5) is 8.78 Å². The molecular weight excluding hydrogens is 336 g/mol. The highest BCUT2D eigenvalue weighted by Gasteiger charge is 2.20. The van der Waals surface area contributed by atoms with Gasteiger partial charge >= 0.3 is 0 Å². The number of hydrogen-bond acceptors (Lipinski definition) is 1. The Labute approximate surface area is 123 Å². The predicted octanol–water partition coefficient (Wildman–Crippen LogP) is 4.69. The van der Waals surface area contributed by atoms with Crippen molar-refractivity contribution in [2.45, 2.75) is 6.04 Å². The van der Waals surface area contributed by atoms with Gasteiger partial charge in [0.25, 0.3) is 0 Å². The molecule has 1 N–H and O–H groups in total. The third-order valence-corrected chi connectivity index (χ3v) is 3.69. The van der Waals surface area contributed by atoms with Crippen LogP contribution in [-0.2, 0) is 0 Å². The van der Waals surface area contributed by atoms with Crippen LogP contribution in [0.1, 0.15) is 17.2 Å². The van der Waals surface area contributed by atoms with Crippen molar-refractivity contribution in [3.8, 4) is 0 Å². The van der Waals surface area contributed by atoms with Crippen LogP contribution in [0.25, 0.3) is 0 Å². The van der Waals surface area contributed by atoms with E-state index in [1.54, 1.807) is 25.2 Å². The fourth-order valence-corrected chi connectivity index (χ4v) is 2.56. The van der Waals surface area contributed by atoms with Crippen molar-refractivity contribution in [3.05, 3.63) is 68.7 Å². The molecule has 2 rings (SSSR count). The minimum Gasteiger partial charge on any atom is -0.309 e. The summed E-state index contributed by atoms with van der Waals surface area (Å²) in [4.78, 5) is 0. The van der Waals surface area contributed by atoms with Gasteiger partial charge in [0.2, 0.25) is 0 Å². The molecule has 5 heteroatoms. The molecule has 0 fully saturated rings. The molecule has 0 bridgehead atoms. The molecule has 0 saturated heterocycles. The number of halogens is 4. The van der Waals surface area contributed by atoms with Gasteiger partial charge < -0.3 is 5.32 Å². The standard InChI is InChI=1S/C14H11BrClF2N/c1-19-14(9-3-2-4-12(17)13(9)18)10-7-8(15)5-6-11(10)16/h2-7,14,19H,1H3. The van der Waals surface area contributed by atoms with Crippen molar-refractivity contribution >= 4 is 27.5 Å². The lowest BCUT2D eigenvalue weighted by atomic mass is 9.98. The van der Waals surface area contributed by atoms with Crippen LogP contribution in [0.3, 0.4) is 0 Å². The Kier molecular flexibility index (Phi) is 4.55. The maximum Gasteiger partial charge on any atom is 0.163 e. The summed E-state index contributed by atoms with van der Waals surface area (Å²) in [6.07, 6.45) is 0. The molecule has 2 aromatic carbocycles. The van der Waals surface area contributed by atoms with Gasteiger partial charge in [0, 0.05) is 15.1 Å². The molecule has 0 spiro atoms. The summed E-state index contributed by atoms with van der Waals surface area (Å²) in [6, 6.07) is 8.88. The Hall–Kier alpha value is -0.970. The fourth-order valence-electron chi connectivity index (χ4n) is 1.96. The maximum absolute atomic E-state index is 13.9. The molecule has 1 nitrogen and oxygen atoms in total. The molecule has 2 aromatic rings. The maximum atomic E-state index is 13.9. The van der Waals surface area contributed by atoms with Gasteiger partial charge in [-0.2, -0.15) is 0 Å². The van der Waals surface area contributed by atoms with Crippen LogP contribution in [-0.4, -0.2) is 7.05 Å². The second-order valence-corrected chi connectivity index (χ2v) is 5.35. The van der Waals surface area contributed by atoms with Gasteiger partial charge in [0.05, 0.1) is 6.04 Å². The minimum absolute atomic E-state index is 0.225. The first-order valence-corrected chi connectivity index (χ1v) is 6.77. The van der Waals surface area contributed by atoms with E-state index in [0.29, 0.717) is 10.6 Å². The molecule has 0 aromatic heterocycles. The number of rotatable bonds is 3. The highest BCUT2D eigenvalue weighted by molar-refractivity contribution is 9.10. The van der Waals surface area contributed by atoms with Gasteiger partial charge in [0.15, 0.2) is 11.6 Å². The van der Waals surface area contributed by atoms with Crippen LogP contribution in [0.15, 0.2) is 40.9 Å². The van der Waals surface area contributed by atoms with Gasteiger partial charge in [-0.1, -0.05) is 39.7 Å². The van der Waals surface area contributed by atoms with Crippen LogP contribution < -0.4 is 5.32 Å². The Bertz CT molecular complexity index is 602. The quantitative estimate of drug-likeness (QED) is 0.850. The van der Waals surface area contributed by atoms with Gasteiger partial charge in [-0.3, -0.25) is 0 Å². The van der Waals surface area contributed by atoms with Gasteiger partial charge in [0.1, 0.15) is 0 Å². The molecule has 1 unspecified atom stereocenters. The largest absolute Gasteiger partial charge is 0.309 e. The lowest BCUT2D eigenvalue weighted by Crippen LogP contribution is -2.20. The first-order chi connectivity index (χ1) is 9.04. The lowest BCUT2D eigenvalue weighted by Gasteiger charge is -2.19. The van der Waals surface area contributed by atoms with Crippen LogP contribution in [0.5, 0.6) is 0 Å². The molecule has 0 saturated carbocycles. The zero-order valence-corrected chi connectivity index (χ0v) is 12.4. The summed E-state index contributed by atoms with van der Waals surface area (Å²) in [5.74, 6) is -1.73. The molecule has 0 amide bonds. The van der Waals surface area contributed by atoms with Crippen molar-refractivity contribution in [3.63, 3.8) is 0 Å². The summed E-state index contributed by atoms with van der Waals surface area (Å²) in [6.45, 7) is 0. The van der Waals surface area contributed by atoms with Gasteiger partial charge in [-0.05, 0) is 36.9 Å². The van der Waals surface area contributed by atoms with E-state index in [1.807, 2.05) is 0 Å². The monoisotopic (exact) mass is 345 g/mol. The van der Waals surface area contributed by atoms with Crippen molar-refractivity contribution in [2.24, 2.45) is 0 Å². The number of benzene rings is 2. The second kappa shape index (κ2) is 5.99. The second-order valence-electron chi connectivity index (χ2n) is 4.03. The first-order valence-electron chi connectivity index (χ1n) is 5.60. The third-order valence-electron chi connectivity index (χ3n) is 2.85. The van der Waals surface area contributed by atoms with E-state index in [4.69, 9.17) is 11.6 Å². The van der Waals surface area contributed by atoms with E-state index in [9.17, 15) is 8.78 Å². The molecule has 0 heterocycles. The highest BCUT2D eigenvalue weighted by Crippen LogP contribution is 2.32.